The summed E-state index contributed by atoms with van der Waals surface area (Å²) < 4.78 is 0.220. The monoisotopic (exact) mass is 352 g/mol. The van der Waals surface area contributed by atoms with E-state index in [9.17, 15) is 0 Å². The Labute approximate surface area is 87.5 Å². The van der Waals surface area contributed by atoms with Gasteiger partial charge in [-0.05, 0) is 0 Å². The molecule has 0 nitrogen and oxygen atoms in total. The fourth-order valence-electron chi connectivity index (χ4n) is 1.35. The molecule has 1 rings (SSSR count). The van der Waals surface area contributed by atoms with Gasteiger partial charge >= 0.3 is 88.3 Å². The number of hydrogen-bond donors (Lipinski definition) is 0. The van der Waals surface area contributed by atoms with Crippen LogP contribution in [0.4, 0.5) is 0 Å². The summed E-state index contributed by atoms with van der Waals surface area (Å²) >= 11 is 3.03. The van der Waals surface area contributed by atoms with Crippen molar-refractivity contribution < 1.29 is 0 Å². The molecule has 5 heteroatoms. The van der Waals surface area contributed by atoms with Crippen LogP contribution in [0.25, 0.3) is 0 Å². The van der Waals surface area contributed by atoms with Crippen LogP contribution in [0.15, 0.2) is 0 Å². The maximum atomic E-state index is 6.06. The third kappa shape index (κ3) is 3.29. The van der Waals surface area contributed by atoms with E-state index in [4.69, 9.17) is 38.5 Å². The van der Waals surface area contributed by atoms with E-state index in [0.29, 0.717) is 0 Å². The molecule has 0 heterocycles. The van der Waals surface area contributed by atoms with E-state index >= 15 is 0 Å². The summed E-state index contributed by atoms with van der Waals surface area (Å²) in [5, 5.41) is 0.123. The van der Waals surface area contributed by atoms with Crippen LogP contribution in [0.3, 0.4) is 0 Å². The molecule has 0 aliphatic heterocycles. The van der Waals surface area contributed by atoms with Gasteiger partial charge in [-0.3, -0.25) is 0 Å². The second-order valence-electron chi connectivity index (χ2n) is 2.78. The van der Waals surface area contributed by atoms with Gasteiger partial charge in [0.25, 0.3) is 0 Å². The number of hydrogen-bond acceptors (Lipinski definition) is 0. The average Bonchev–Trinajstić information content (AvgIpc) is 1.86. The fourth-order valence-corrected chi connectivity index (χ4v) is 10.6. The normalized spacial score (nSPS) is 35.3. The first-order valence-corrected chi connectivity index (χ1v) is 14.2. The molecule has 0 aromatic rings. The fraction of sp³-hybridized carbons (Fsp3) is 1.00. The summed E-state index contributed by atoms with van der Waals surface area (Å²) in [4.78, 5) is 0. The topological polar surface area (TPSA) is 0 Å². The van der Waals surface area contributed by atoms with Crippen LogP contribution in [-0.2, 0) is 0 Å². The van der Waals surface area contributed by atoms with Crippen LogP contribution in [0.5, 0.6) is 0 Å². The Hall–Kier alpha value is 1.95. The molecule has 0 bridgehead atoms. The summed E-state index contributed by atoms with van der Waals surface area (Å²) in [5.74, 6) is 0. The second kappa shape index (κ2) is 4.45. The van der Waals surface area contributed by atoms with Crippen molar-refractivity contribution >= 4 is 53.3 Å². The van der Waals surface area contributed by atoms with Gasteiger partial charge in [0, 0.05) is 0 Å². The summed E-state index contributed by atoms with van der Waals surface area (Å²) in [6, 6.07) is 0. The first-order chi connectivity index (χ1) is 5.02. The number of rotatable bonds is 1. The third-order valence-electron chi connectivity index (χ3n) is 1.97. The van der Waals surface area contributed by atoms with Gasteiger partial charge in [-0.15, -0.1) is 0 Å². The van der Waals surface area contributed by atoms with Crippen molar-refractivity contribution in [1.29, 1.82) is 0 Å². The molecule has 0 amide bonds. The van der Waals surface area contributed by atoms with Gasteiger partial charge in [0.05, 0.1) is 0 Å². The Kier molecular flexibility index (Phi) is 4.46. The Morgan fingerprint density at radius 1 is 1.00 bits per heavy atom. The maximum absolute atomic E-state index is 6.06. The van der Waals surface area contributed by atoms with Crippen LogP contribution in [0, 0.1) is 0 Å². The van der Waals surface area contributed by atoms with Crippen LogP contribution < -0.4 is 0 Å². The first kappa shape index (κ1) is 11.0. The molecule has 0 saturated heterocycles. The molecular weight excluding hydrogens is 341 g/mol. The summed E-state index contributed by atoms with van der Waals surface area (Å²) in [6.45, 7) is 0. The molecule has 0 aromatic heterocycles. The van der Waals surface area contributed by atoms with E-state index in [-0.39, 0.29) is 9.34 Å². The average molecular weight is 352 g/mol. The minimum atomic E-state index is -3.04. The van der Waals surface area contributed by atoms with Gasteiger partial charge in [0.1, 0.15) is 0 Å². The molecular formula is C6H10Cl4Te. The van der Waals surface area contributed by atoms with Gasteiger partial charge in [-0.2, -0.15) is 0 Å². The van der Waals surface area contributed by atoms with E-state index in [1.54, 1.807) is 0 Å². The standard InChI is InChI=1S/C6H10Cl4Te/c7-5-3-1-2-4-6(5)11(8,9)10/h5-6H,1-4H2/t5-,6-/m0/s1. The summed E-state index contributed by atoms with van der Waals surface area (Å²) in [6.07, 6.45) is 4.40. The Morgan fingerprint density at radius 3 is 1.91 bits per heavy atom. The van der Waals surface area contributed by atoms with Crippen molar-refractivity contribution in [3.63, 3.8) is 0 Å². The predicted molar refractivity (Wildman–Crippen MR) is 55.2 cm³/mol. The van der Waals surface area contributed by atoms with Crippen molar-refractivity contribution in [2.24, 2.45) is 0 Å². The molecule has 1 fully saturated rings. The molecule has 68 valence electrons. The molecule has 1 aliphatic rings. The Bertz CT molecular complexity index is 133. The van der Waals surface area contributed by atoms with Crippen molar-refractivity contribution in [2.45, 2.75) is 35.0 Å². The van der Waals surface area contributed by atoms with Crippen LogP contribution >= 0.6 is 38.5 Å². The van der Waals surface area contributed by atoms with Crippen molar-refractivity contribution in [3.8, 4) is 0 Å². The zero-order valence-electron chi connectivity index (χ0n) is 5.90. The van der Waals surface area contributed by atoms with Crippen molar-refractivity contribution in [1.82, 2.24) is 0 Å². The predicted octanol–water partition coefficient (Wildman–Crippen LogP) is 4.19. The van der Waals surface area contributed by atoms with E-state index in [1.165, 1.54) is 12.8 Å². The molecule has 1 saturated carbocycles. The molecule has 0 aromatic carbocycles. The minimum absolute atomic E-state index is 0.123. The zero-order chi connectivity index (χ0) is 8.48. The van der Waals surface area contributed by atoms with Crippen molar-refractivity contribution in [3.05, 3.63) is 0 Å². The molecule has 11 heavy (non-hydrogen) atoms. The van der Waals surface area contributed by atoms with Crippen LogP contribution in [0.2, 0.25) is 3.97 Å². The summed E-state index contributed by atoms with van der Waals surface area (Å²) in [5.41, 5.74) is 0. The van der Waals surface area contributed by atoms with E-state index < -0.39 is 14.8 Å². The summed E-state index contributed by atoms with van der Waals surface area (Å²) in [7, 11) is 17.8. The van der Waals surface area contributed by atoms with E-state index in [1.807, 2.05) is 0 Å². The van der Waals surface area contributed by atoms with E-state index in [0.717, 1.165) is 12.8 Å². The van der Waals surface area contributed by atoms with Gasteiger partial charge in [0.2, 0.25) is 0 Å². The van der Waals surface area contributed by atoms with Crippen molar-refractivity contribution in [2.75, 3.05) is 0 Å². The second-order valence-corrected chi connectivity index (χ2v) is 20.6. The Balaban J connectivity index is 2.55. The zero-order valence-corrected chi connectivity index (χ0v) is 11.3. The molecule has 0 spiro atoms. The van der Waals surface area contributed by atoms with Crippen LogP contribution in [0.1, 0.15) is 25.7 Å². The third-order valence-corrected chi connectivity index (χ3v) is 11.1. The van der Waals surface area contributed by atoms with Gasteiger partial charge in [0.15, 0.2) is 0 Å². The van der Waals surface area contributed by atoms with Crippen LogP contribution in [-0.4, -0.2) is 20.2 Å². The van der Waals surface area contributed by atoms with Gasteiger partial charge in [-0.25, -0.2) is 0 Å². The quantitative estimate of drug-likeness (QED) is 0.491. The van der Waals surface area contributed by atoms with E-state index in [2.05, 4.69) is 0 Å². The molecule has 0 unspecified atom stereocenters. The Morgan fingerprint density at radius 2 is 1.55 bits per heavy atom. The van der Waals surface area contributed by atoms with Gasteiger partial charge < -0.3 is 0 Å². The molecule has 0 radical (unpaired) electrons. The molecule has 2 atom stereocenters. The molecule has 1 aliphatic carbocycles. The van der Waals surface area contributed by atoms with Gasteiger partial charge in [-0.1, -0.05) is 0 Å². The number of alkyl halides is 1. The first-order valence-electron chi connectivity index (χ1n) is 3.57. The number of halogens is 4. The SMILES string of the molecule is Cl[C@H]1CCCC[C@@H]1[Te](Cl)(Cl)Cl. The molecule has 0 N–H and O–H groups in total.